The number of fused-ring (bicyclic) bond motifs is 2. The number of piperidine rings is 1. The van der Waals surface area contributed by atoms with Gasteiger partial charge in [0.2, 0.25) is 6.10 Å². The monoisotopic (exact) mass is 379 g/mol. The number of aliphatic hydroxyl groups excluding tert-OH is 1. The molecule has 0 radical (unpaired) electrons. The van der Waals surface area contributed by atoms with Gasteiger partial charge in [0.05, 0.1) is 6.10 Å². The van der Waals surface area contributed by atoms with Gasteiger partial charge in [0.1, 0.15) is 5.75 Å². The van der Waals surface area contributed by atoms with E-state index in [1.165, 1.54) is 5.56 Å². The molecule has 0 aromatic heterocycles. The van der Waals surface area contributed by atoms with Crippen LogP contribution in [0.25, 0.3) is 0 Å². The molecule has 4 heteroatoms. The highest BCUT2D eigenvalue weighted by Crippen LogP contribution is 2.38. The standard InChI is InChI=1S/C24H29NO3/c1-16(2)18-9-6-10-22(13-18)28-23(17-7-4-3-5-8-17)24(27)25-19-11-12-20(25)15-21(26)14-19/h3-10,13,16,19-21,23,26H,11-12,14-15H2,1-2H3. The molecular weight excluding hydrogens is 350 g/mol. The van der Waals surface area contributed by atoms with E-state index in [2.05, 4.69) is 19.9 Å². The Bertz CT molecular complexity index is 806. The number of carbonyl (C=O) groups excluding carboxylic acids is 1. The van der Waals surface area contributed by atoms with Gasteiger partial charge in [0, 0.05) is 17.6 Å². The third kappa shape index (κ3) is 3.79. The Morgan fingerprint density at radius 1 is 1.00 bits per heavy atom. The number of aliphatic hydroxyl groups is 1. The van der Waals surface area contributed by atoms with Crippen molar-refractivity contribution in [2.45, 2.75) is 69.7 Å². The summed E-state index contributed by atoms with van der Waals surface area (Å²) < 4.78 is 6.30. The van der Waals surface area contributed by atoms with Crippen molar-refractivity contribution < 1.29 is 14.6 Å². The molecule has 2 fully saturated rings. The number of benzene rings is 2. The maximum Gasteiger partial charge on any atom is 0.268 e. The average Bonchev–Trinajstić information content (AvgIpc) is 2.97. The maximum atomic E-state index is 13.6. The molecular formula is C24H29NO3. The zero-order valence-electron chi connectivity index (χ0n) is 16.6. The van der Waals surface area contributed by atoms with Crippen molar-refractivity contribution >= 4 is 5.91 Å². The van der Waals surface area contributed by atoms with Gasteiger partial charge >= 0.3 is 0 Å². The van der Waals surface area contributed by atoms with E-state index in [-0.39, 0.29) is 24.1 Å². The molecule has 4 rings (SSSR count). The van der Waals surface area contributed by atoms with Crippen LogP contribution in [0.1, 0.15) is 62.7 Å². The van der Waals surface area contributed by atoms with Crippen LogP contribution >= 0.6 is 0 Å². The third-order valence-electron chi connectivity index (χ3n) is 6.07. The minimum absolute atomic E-state index is 0.0144. The van der Waals surface area contributed by atoms with Crippen LogP contribution in [0.2, 0.25) is 0 Å². The van der Waals surface area contributed by atoms with E-state index in [9.17, 15) is 9.90 Å². The molecule has 0 aliphatic carbocycles. The first kappa shape index (κ1) is 19.0. The van der Waals surface area contributed by atoms with E-state index >= 15 is 0 Å². The highest BCUT2D eigenvalue weighted by molar-refractivity contribution is 5.83. The summed E-state index contributed by atoms with van der Waals surface area (Å²) in [5.41, 5.74) is 2.06. The number of rotatable bonds is 5. The highest BCUT2D eigenvalue weighted by atomic mass is 16.5. The second-order valence-electron chi connectivity index (χ2n) is 8.39. The maximum absolute atomic E-state index is 13.6. The van der Waals surface area contributed by atoms with Crippen LogP contribution in [0, 0.1) is 0 Å². The van der Waals surface area contributed by atoms with Crippen LogP contribution < -0.4 is 4.74 Å². The summed E-state index contributed by atoms with van der Waals surface area (Å²) in [5.74, 6) is 1.13. The van der Waals surface area contributed by atoms with Gasteiger partial charge in [-0.3, -0.25) is 4.79 Å². The van der Waals surface area contributed by atoms with Crippen molar-refractivity contribution in [3.8, 4) is 5.75 Å². The van der Waals surface area contributed by atoms with E-state index in [4.69, 9.17) is 4.74 Å². The van der Waals surface area contributed by atoms with Gasteiger partial charge in [-0.15, -0.1) is 0 Å². The van der Waals surface area contributed by atoms with Gasteiger partial charge in [0.15, 0.2) is 0 Å². The van der Waals surface area contributed by atoms with Gasteiger partial charge in [-0.2, -0.15) is 0 Å². The van der Waals surface area contributed by atoms with Crippen LogP contribution in [0.15, 0.2) is 54.6 Å². The molecule has 0 saturated carbocycles. The summed E-state index contributed by atoms with van der Waals surface area (Å²) in [6.07, 6.45) is 2.33. The predicted molar refractivity (Wildman–Crippen MR) is 109 cm³/mol. The molecule has 2 aliphatic heterocycles. The number of nitrogens with zero attached hydrogens (tertiary/aromatic N) is 1. The fourth-order valence-corrected chi connectivity index (χ4v) is 4.62. The van der Waals surface area contributed by atoms with Gasteiger partial charge < -0.3 is 14.7 Å². The Morgan fingerprint density at radius 3 is 2.29 bits per heavy atom. The van der Waals surface area contributed by atoms with E-state index in [0.29, 0.717) is 18.8 Å². The van der Waals surface area contributed by atoms with Crippen LogP contribution in [0.5, 0.6) is 5.75 Å². The smallest absolute Gasteiger partial charge is 0.268 e. The second-order valence-corrected chi connectivity index (χ2v) is 8.39. The second kappa shape index (κ2) is 7.96. The summed E-state index contributed by atoms with van der Waals surface area (Å²) in [4.78, 5) is 15.6. The lowest BCUT2D eigenvalue weighted by atomic mass is 9.98. The summed E-state index contributed by atoms with van der Waals surface area (Å²) in [6, 6.07) is 18.0. The SMILES string of the molecule is CC(C)c1cccc(OC(C(=O)N2C3CCC2CC(O)C3)c2ccccc2)c1. The highest BCUT2D eigenvalue weighted by Gasteiger charge is 2.45. The summed E-state index contributed by atoms with van der Waals surface area (Å²) in [7, 11) is 0. The van der Waals surface area contributed by atoms with Crippen molar-refractivity contribution in [2.75, 3.05) is 0 Å². The van der Waals surface area contributed by atoms with Crippen LogP contribution in [0.3, 0.4) is 0 Å². The minimum Gasteiger partial charge on any atom is -0.476 e. The van der Waals surface area contributed by atoms with Crippen molar-refractivity contribution in [3.05, 3.63) is 65.7 Å². The zero-order valence-corrected chi connectivity index (χ0v) is 16.6. The lowest BCUT2D eigenvalue weighted by Gasteiger charge is -2.39. The number of amides is 1. The van der Waals surface area contributed by atoms with E-state index in [1.54, 1.807) is 0 Å². The number of hydrogen-bond acceptors (Lipinski definition) is 3. The molecule has 0 spiro atoms. The van der Waals surface area contributed by atoms with Crippen LogP contribution in [0.4, 0.5) is 0 Å². The zero-order chi connectivity index (χ0) is 19.7. The molecule has 2 heterocycles. The Hall–Kier alpha value is -2.33. The fraction of sp³-hybridized carbons (Fsp3) is 0.458. The van der Waals surface area contributed by atoms with Crippen molar-refractivity contribution in [3.63, 3.8) is 0 Å². The van der Waals surface area contributed by atoms with Gasteiger partial charge in [-0.25, -0.2) is 0 Å². The van der Waals surface area contributed by atoms with Gasteiger partial charge in [-0.1, -0.05) is 56.3 Å². The minimum atomic E-state index is -0.665. The summed E-state index contributed by atoms with van der Waals surface area (Å²) >= 11 is 0. The van der Waals surface area contributed by atoms with Crippen LogP contribution in [-0.2, 0) is 4.79 Å². The molecule has 4 nitrogen and oxygen atoms in total. The first-order chi connectivity index (χ1) is 13.5. The molecule has 2 aromatic rings. The van der Waals surface area contributed by atoms with E-state index in [1.807, 2.05) is 53.4 Å². The van der Waals surface area contributed by atoms with Crippen molar-refractivity contribution in [1.82, 2.24) is 4.90 Å². The first-order valence-electron chi connectivity index (χ1n) is 10.3. The van der Waals surface area contributed by atoms with Gasteiger partial charge in [-0.05, 0) is 49.3 Å². The Balaban J connectivity index is 1.63. The van der Waals surface area contributed by atoms with Gasteiger partial charge in [0.25, 0.3) is 5.91 Å². The Labute approximate surface area is 167 Å². The number of carbonyl (C=O) groups is 1. The van der Waals surface area contributed by atoms with Crippen molar-refractivity contribution in [1.29, 1.82) is 0 Å². The lowest BCUT2D eigenvalue weighted by Crippen LogP contribution is -2.50. The average molecular weight is 380 g/mol. The Kier molecular flexibility index (Phi) is 5.40. The quantitative estimate of drug-likeness (QED) is 0.835. The molecule has 2 bridgehead atoms. The molecule has 2 aliphatic rings. The molecule has 2 saturated heterocycles. The normalized spacial score (nSPS) is 25.0. The molecule has 1 amide bonds. The van der Waals surface area contributed by atoms with Crippen molar-refractivity contribution in [2.24, 2.45) is 0 Å². The first-order valence-corrected chi connectivity index (χ1v) is 10.3. The molecule has 2 aromatic carbocycles. The number of ether oxygens (including phenoxy) is 1. The molecule has 1 N–H and O–H groups in total. The largest absolute Gasteiger partial charge is 0.476 e. The number of hydrogen-bond donors (Lipinski definition) is 1. The van der Waals surface area contributed by atoms with E-state index in [0.717, 1.165) is 24.2 Å². The van der Waals surface area contributed by atoms with Crippen LogP contribution in [-0.4, -0.2) is 34.1 Å². The fourth-order valence-electron chi connectivity index (χ4n) is 4.62. The molecule has 3 atom stereocenters. The lowest BCUT2D eigenvalue weighted by molar-refractivity contribution is -0.145. The topological polar surface area (TPSA) is 49.8 Å². The molecule has 3 unspecified atom stereocenters. The molecule has 148 valence electrons. The third-order valence-corrected chi connectivity index (χ3v) is 6.07. The summed E-state index contributed by atoms with van der Waals surface area (Å²) in [6.45, 7) is 4.30. The predicted octanol–water partition coefficient (Wildman–Crippen LogP) is 4.44. The Morgan fingerprint density at radius 2 is 1.64 bits per heavy atom. The summed E-state index contributed by atoms with van der Waals surface area (Å²) in [5, 5.41) is 10.1. The van der Waals surface area contributed by atoms with E-state index < -0.39 is 6.10 Å². The molecule has 28 heavy (non-hydrogen) atoms.